The van der Waals surface area contributed by atoms with Crippen LogP contribution in [0.5, 0.6) is 0 Å². The third-order valence-electron chi connectivity index (χ3n) is 7.91. The Hall–Kier alpha value is -4.04. The number of fused-ring (bicyclic) bond motifs is 1. The second-order valence-corrected chi connectivity index (χ2v) is 10.8. The first kappa shape index (κ1) is 35.4. The van der Waals surface area contributed by atoms with Crippen molar-refractivity contribution in [2.24, 2.45) is 10.9 Å². The number of carbonyl (C=O) groups is 1. The summed E-state index contributed by atoms with van der Waals surface area (Å²) in [5.41, 5.74) is 5.29. The van der Waals surface area contributed by atoms with Crippen molar-refractivity contribution in [1.82, 2.24) is 14.5 Å². The number of aryl methyl sites for hydroxylation is 1. The SMILES string of the molecule is C=CN=C1C(=C)C(Cn2ccnc2C)=Cc2cc(Cl)ccc2C1C1CCN(C(=O)Nc2ccc(C(F)F)cc2)CC1.CC.CC. The highest BCUT2D eigenvalue weighted by molar-refractivity contribution is 6.30. The number of allylic oxidation sites excluding steroid dienone is 2. The van der Waals surface area contributed by atoms with Gasteiger partial charge in [-0.25, -0.2) is 18.6 Å². The van der Waals surface area contributed by atoms with Crippen LogP contribution >= 0.6 is 11.6 Å². The highest BCUT2D eigenvalue weighted by Crippen LogP contribution is 2.42. The number of piperidine rings is 1. The standard InChI is InChI=1S/C32H32ClF2N5O.2C2H6/c1-4-36-30-20(2)25(19-40-16-13-37-21(40)3)17-24-18-26(33)7-10-28(24)29(30)22-11-14-39(15-12-22)32(41)38-27-8-5-23(6-9-27)31(34)35;2*1-2/h4-10,13,16-18,22,29,31H,1-2,11-12,14-15,19H2,3H3,(H,38,41);2*1-2H3. The number of anilines is 1. The van der Waals surface area contributed by atoms with Gasteiger partial charge in [0.15, 0.2) is 0 Å². The van der Waals surface area contributed by atoms with Gasteiger partial charge in [-0.05, 0) is 78.3 Å². The minimum atomic E-state index is -2.55. The molecular formula is C36H44ClF2N5O. The van der Waals surface area contributed by atoms with Gasteiger partial charge < -0.3 is 14.8 Å². The first-order chi connectivity index (χ1) is 21.7. The second kappa shape index (κ2) is 16.9. The Morgan fingerprint density at radius 3 is 2.38 bits per heavy atom. The molecule has 2 aromatic carbocycles. The molecule has 1 N–H and O–H groups in total. The number of amides is 2. The number of likely N-dealkylation sites (tertiary alicyclic amines) is 1. The summed E-state index contributed by atoms with van der Waals surface area (Å²) in [6, 6.07) is 11.4. The Labute approximate surface area is 271 Å². The summed E-state index contributed by atoms with van der Waals surface area (Å²) in [4.78, 5) is 23.9. The lowest BCUT2D eigenvalue weighted by Crippen LogP contribution is -2.43. The molecule has 2 aliphatic rings. The average Bonchev–Trinajstić information content (AvgIpc) is 3.42. The van der Waals surface area contributed by atoms with E-state index in [4.69, 9.17) is 16.6 Å². The number of aliphatic imine (C=N–C) groups is 1. The molecule has 1 aliphatic carbocycles. The van der Waals surface area contributed by atoms with E-state index in [0.29, 0.717) is 30.3 Å². The number of halogens is 3. The zero-order valence-corrected chi connectivity index (χ0v) is 27.6. The third kappa shape index (κ3) is 8.57. The average molecular weight is 636 g/mol. The van der Waals surface area contributed by atoms with Gasteiger partial charge in [-0.3, -0.25) is 4.99 Å². The van der Waals surface area contributed by atoms with E-state index in [0.717, 1.165) is 46.7 Å². The number of hydrogen-bond acceptors (Lipinski definition) is 3. The fraction of sp³-hybridized carbons (Fsp3) is 0.361. The Kier molecular flexibility index (Phi) is 13.3. The fourth-order valence-electron chi connectivity index (χ4n) is 5.71. The Balaban J connectivity index is 0.00000133. The molecular weight excluding hydrogens is 592 g/mol. The molecule has 1 aromatic heterocycles. The number of hydrogen-bond donors (Lipinski definition) is 1. The number of benzene rings is 2. The minimum absolute atomic E-state index is 0.0579. The van der Waals surface area contributed by atoms with Crippen molar-refractivity contribution in [2.75, 3.05) is 18.4 Å². The van der Waals surface area contributed by atoms with Crippen molar-refractivity contribution in [3.05, 3.63) is 113 Å². The summed E-state index contributed by atoms with van der Waals surface area (Å²) < 4.78 is 27.8. The molecule has 0 bridgehead atoms. The summed E-state index contributed by atoms with van der Waals surface area (Å²) in [5.74, 6) is 1.05. The van der Waals surface area contributed by atoms with Crippen LogP contribution in [0.15, 0.2) is 90.4 Å². The third-order valence-corrected chi connectivity index (χ3v) is 8.15. The van der Waals surface area contributed by atoms with Crippen molar-refractivity contribution >= 4 is 35.1 Å². The molecule has 2 amide bonds. The van der Waals surface area contributed by atoms with Crippen molar-refractivity contribution in [3.8, 4) is 0 Å². The molecule has 5 rings (SSSR count). The number of rotatable bonds is 6. The second-order valence-electron chi connectivity index (χ2n) is 10.4. The highest BCUT2D eigenvalue weighted by Gasteiger charge is 2.36. The molecule has 240 valence electrons. The van der Waals surface area contributed by atoms with E-state index in [2.05, 4.69) is 40.2 Å². The number of carbonyl (C=O) groups excluding carboxylic acids is 1. The van der Waals surface area contributed by atoms with E-state index >= 15 is 0 Å². The van der Waals surface area contributed by atoms with Crippen LogP contribution < -0.4 is 5.32 Å². The van der Waals surface area contributed by atoms with Gasteiger partial charge in [0.05, 0.1) is 5.71 Å². The van der Waals surface area contributed by atoms with Gasteiger partial charge in [0.1, 0.15) is 5.82 Å². The maximum Gasteiger partial charge on any atom is 0.321 e. The first-order valence-electron chi connectivity index (χ1n) is 15.5. The zero-order chi connectivity index (χ0) is 33.1. The molecule has 1 unspecified atom stereocenters. The Morgan fingerprint density at radius 1 is 1.13 bits per heavy atom. The van der Waals surface area contributed by atoms with E-state index in [1.54, 1.807) is 17.3 Å². The molecule has 1 saturated heterocycles. The van der Waals surface area contributed by atoms with Crippen molar-refractivity contribution in [1.29, 1.82) is 0 Å². The van der Waals surface area contributed by atoms with Gasteiger partial charge in [-0.2, -0.15) is 0 Å². The predicted molar refractivity (Wildman–Crippen MR) is 183 cm³/mol. The largest absolute Gasteiger partial charge is 0.331 e. The van der Waals surface area contributed by atoms with Gasteiger partial charge in [-0.15, -0.1) is 0 Å². The number of nitrogens with zero attached hydrogens (tertiary/aromatic N) is 4. The quantitative estimate of drug-likeness (QED) is 0.293. The maximum absolute atomic E-state index is 13.0. The van der Waals surface area contributed by atoms with E-state index in [-0.39, 0.29) is 23.4 Å². The van der Waals surface area contributed by atoms with Crippen molar-refractivity contribution < 1.29 is 13.6 Å². The van der Waals surface area contributed by atoms with E-state index in [1.165, 1.54) is 24.3 Å². The Morgan fingerprint density at radius 2 is 1.80 bits per heavy atom. The Bertz CT molecular complexity index is 1520. The summed E-state index contributed by atoms with van der Waals surface area (Å²) in [5, 5.41) is 3.48. The molecule has 1 atom stereocenters. The number of alkyl halides is 2. The van der Waals surface area contributed by atoms with Gasteiger partial charge in [0, 0.05) is 60.4 Å². The summed E-state index contributed by atoms with van der Waals surface area (Å²) in [6.45, 7) is 20.0. The van der Waals surface area contributed by atoms with Crippen LogP contribution in [0.4, 0.5) is 19.3 Å². The number of nitrogens with one attached hydrogen (secondary N) is 1. The number of urea groups is 1. The van der Waals surface area contributed by atoms with Crippen molar-refractivity contribution in [2.45, 2.75) is 66.3 Å². The molecule has 3 aromatic rings. The number of imidazole rings is 1. The van der Waals surface area contributed by atoms with Crippen LogP contribution in [0.25, 0.3) is 6.08 Å². The molecule has 1 fully saturated rings. The molecule has 2 heterocycles. The van der Waals surface area contributed by atoms with Gasteiger partial charge >= 0.3 is 6.03 Å². The van der Waals surface area contributed by atoms with Crippen LogP contribution in [0.3, 0.4) is 0 Å². The van der Waals surface area contributed by atoms with Crippen LogP contribution in [-0.4, -0.2) is 39.3 Å². The molecule has 6 nitrogen and oxygen atoms in total. The van der Waals surface area contributed by atoms with Crippen LogP contribution in [-0.2, 0) is 6.54 Å². The lowest BCUT2D eigenvalue weighted by molar-refractivity contribution is 0.151. The normalized spacial score (nSPS) is 17.3. The van der Waals surface area contributed by atoms with Crippen LogP contribution in [0.1, 0.15) is 75.4 Å². The molecule has 1 aliphatic heterocycles. The summed E-state index contributed by atoms with van der Waals surface area (Å²) >= 11 is 6.46. The smallest absolute Gasteiger partial charge is 0.321 e. The maximum atomic E-state index is 13.0. The highest BCUT2D eigenvalue weighted by atomic mass is 35.5. The van der Waals surface area contributed by atoms with Crippen LogP contribution in [0, 0.1) is 12.8 Å². The van der Waals surface area contributed by atoms with Gasteiger partial charge in [0.25, 0.3) is 6.43 Å². The van der Waals surface area contributed by atoms with Crippen molar-refractivity contribution in [3.63, 3.8) is 0 Å². The van der Waals surface area contributed by atoms with E-state index in [1.807, 2.05) is 52.9 Å². The van der Waals surface area contributed by atoms with Gasteiger partial charge in [-0.1, -0.05) is 70.7 Å². The summed E-state index contributed by atoms with van der Waals surface area (Å²) in [7, 11) is 0. The van der Waals surface area contributed by atoms with E-state index in [9.17, 15) is 13.6 Å². The summed E-state index contributed by atoms with van der Waals surface area (Å²) in [6.07, 6.45) is 6.40. The van der Waals surface area contributed by atoms with E-state index < -0.39 is 6.43 Å². The molecule has 9 heteroatoms. The first-order valence-corrected chi connectivity index (χ1v) is 15.9. The minimum Gasteiger partial charge on any atom is -0.331 e. The predicted octanol–water partition coefficient (Wildman–Crippen LogP) is 10.1. The van der Waals surface area contributed by atoms with Crippen LogP contribution in [0.2, 0.25) is 5.02 Å². The molecule has 0 saturated carbocycles. The monoisotopic (exact) mass is 635 g/mol. The lowest BCUT2D eigenvalue weighted by Gasteiger charge is -2.37. The number of aromatic nitrogens is 2. The zero-order valence-electron chi connectivity index (χ0n) is 26.9. The topological polar surface area (TPSA) is 62.5 Å². The lowest BCUT2D eigenvalue weighted by atomic mass is 9.75. The fourth-order valence-corrected chi connectivity index (χ4v) is 5.89. The van der Waals surface area contributed by atoms with Gasteiger partial charge in [0.2, 0.25) is 0 Å². The molecule has 0 spiro atoms. The molecule has 45 heavy (non-hydrogen) atoms. The molecule has 0 radical (unpaired) electrons.